The van der Waals surface area contributed by atoms with E-state index in [0.717, 1.165) is 15.1 Å². The second-order valence-corrected chi connectivity index (χ2v) is 8.83. The first-order chi connectivity index (χ1) is 9.41. The number of thiophene rings is 1. The van der Waals surface area contributed by atoms with Gasteiger partial charge in [0.1, 0.15) is 4.21 Å². The Bertz CT molecular complexity index is 668. The molecule has 0 aliphatic rings. The lowest BCUT2D eigenvalue weighted by Gasteiger charge is -2.24. The molecule has 0 aliphatic carbocycles. The summed E-state index contributed by atoms with van der Waals surface area (Å²) in [5, 5.41) is 9.59. The monoisotopic (exact) mass is 375 g/mol. The van der Waals surface area contributed by atoms with Crippen molar-refractivity contribution in [3.05, 3.63) is 46.3 Å². The average molecular weight is 376 g/mol. The third kappa shape index (κ3) is 3.41. The Morgan fingerprint density at radius 1 is 1.25 bits per heavy atom. The van der Waals surface area contributed by atoms with Gasteiger partial charge in [0.05, 0.1) is 22.1 Å². The van der Waals surface area contributed by atoms with Crippen LogP contribution in [0.4, 0.5) is 5.69 Å². The van der Waals surface area contributed by atoms with E-state index in [-0.39, 0.29) is 10.8 Å². The number of hydrogen-bond donors (Lipinski definition) is 1. The van der Waals surface area contributed by atoms with Crippen molar-refractivity contribution in [1.29, 1.82) is 0 Å². The molecule has 2 rings (SSSR count). The molecule has 7 heteroatoms. The highest BCUT2D eigenvalue weighted by Gasteiger charge is 2.27. The van der Waals surface area contributed by atoms with Crippen LogP contribution in [0.15, 0.2) is 50.5 Å². The van der Waals surface area contributed by atoms with Gasteiger partial charge in [-0.05, 0) is 47.1 Å². The second-order valence-electron chi connectivity index (χ2n) is 4.28. The van der Waals surface area contributed by atoms with Crippen LogP contribution >= 0.6 is 27.3 Å². The van der Waals surface area contributed by atoms with Gasteiger partial charge in [0.2, 0.25) is 0 Å². The quantitative estimate of drug-likeness (QED) is 0.873. The molecule has 0 spiro atoms. The van der Waals surface area contributed by atoms with Gasteiger partial charge >= 0.3 is 0 Å². The van der Waals surface area contributed by atoms with Crippen LogP contribution in [0.3, 0.4) is 0 Å². The zero-order valence-corrected chi connectivity index (χ0v) is 14.0. The van der Waals surface area contributed by atoms with Crippen molar-refractivity contribution >= 4 is 43.0 Å². The maximum Gasteiger partial charge on any atom is 0.273 e. The van der Waals surface area contributed by atoms with Crippen LogP contribution in [-0.2, 0) is 10.0 Å². The summed E-state index contributed by atoms with van der Waals surface area (Å²) in [4.78, 5) is 0. The summed E-state index contributed by atoms with van der Waals surface area (Å²) in [6, 6.07) is 12.0. The fourth-order valence-electron chi connectivity index (χ4n) is 1.72. The zero-order chi connectivity index (χ0) is 14.8. The summed E-state index contributed by atoms with van der Waals surface area (Å²) in [5.74, 6) is 0. The van der Waals surface area contributed by atoms with Crippen LogP contribution < -0.4 is 4.31 Å². The normalized spacial score (nSPS) is 13.2. The third-order valence-corrected chi connectivity index (χ3v) is 6.45. The molecule has 0 aliphatic heterocycles. The predicted octanol–water partition coefficient (Wildman–Crippen LogP) is 3.09. The topological polar surface area (TPSA) is 57.6 Å². The molecule has 0 fully saturated rings. The Kier molecular flexibility index (Phi) is 4.85. The minimum Gasteiger partial charge on any atom is -0.392 e. The molecule has 1 atom stereocenters. The molecule has 108 valence electrons. The molecule has 0 amide bonds. The number of aliphatic hydroxyl groups is 1. The van der Waals surface area contributed by atoms with Crippen molar-refractivity contribution in [2.24, 2.45) is 0 Å². The molecular weight excluding hydrogens is 362 g/mol. The van der Waals surface area contributed by atoms with E-state index in [4.69, 9.17) is 0 Å². The number of para-hydroxylation sites is 1. The van der Waals surface area contributed by atoms with Gasteiger partial charge in [0, 0.05) is 0 Å². The van der Waals surface area contributed by atoms with Crippen molar-refractivity contribution < 1.29 is 13.5 Å². The van der Waals surface area contributed by atoms with Gasteiger partial charge in [-0.15, -0.1) is 11.3 Å². The standard InChI is InChI=1S/C13H14BrNO3S2/c1-10(16)9-15(11-5-3-2-4-6-11)20(17,18)13-8-7-12(14)19-13/h2-8,10,16H,9H2,1H3/t10-/m1/s1. The number of nitrogens with zero attached hydrogens (tertiary/aromatic N) is 1. The summed E-state index contributed by atoms with van der Waals surface area (Å²) in [6.45, 7) is 1.58. The van der Waals surface area contributed by atoms with Crippen LogP contribution in [0.2, 0.25) is 0 Å². The van der Waals surface area contributed by atoms with Gasteiger partial charge in [-0.25, -0.2) is 8.42 Å². The van der Waals surface area contributed by atoms with E-state index < -0.39 is 16.1 Å². The number of anilines is 1. The van der Waals surface area contributed by atoms with E-state index in [1.165, 1.54) is 4.31 Å². The lowest BCUT2D eigenvalue weighted by atomic mass is 10.3. The predicted molar refractivity (Wildman–Crippen MR) is 84.7 cm³/mol. The van der Waals surface area contributed by atoms with E-state index in [2.05, 4.69) is 15.9 Å². The smallest absolute Gasteiger partial charge is 0.273 e. The summed E-state index contributed by atoms with van der Waals surface area (Å²) in [5.41, 5.74) is 0.540. The molecule has 0 saturated carbocycles. The van der Waals surface area contributed by atoms with Crippen LogP contribution in [0, 0.1) is 0 Å². The number of hydrogen-bond acceptors (Lipinski definition) is 4. The van der Waals surface area contributed by atoms with Gasteiger partial charge in [-0.3, -0.25) is 4.31 Å². The van der Waals surface area contributed by atoms with Crippen molar-refractivity contribution in [2.45, 2.75) is 17.2 Å². The zero-order valence-electron chi connectivity index (χ0n) is 10.7. The summed E-state index contributed by atoms with van der Waals surface area (Å²) in [6.07, 6.45) is -0.756. The highest BCUT2D eigenvalue weighted by atomic mass is 79.9. The fourth-order valence-corrected chi connectivity index (χ4v) is 5.39. The van der Waals surface area contributed by atoms with Gasteiger partial charge in [-0.1, -0.05) is 18.2 Å². The fraction of sp³-hybridized carbons (Fsp3) is 0.231. The SMILES string of the molecule is C[C@@H](O)CN(c1ccccc1)S(=O)(=O)c1ccc(Br)s1. The first-order valence-corrected chi connectivity index (χ1v) is 8.97. The molecule has 0 saturated heterocycles. The molecule has 0 bridgehead atoms. The number of benzene rings is 1. The molecule has 1 aromatic carbocycles. The van der Waals surface area contributed by atoms with E-state index in [0.29, 0.717) is 5.69 Å². The molecule has 1 aromatic heterocycles. The highest BCUT2D eigenvalue weighted by Crippen LogP contribution is 2.31. The van der Waals surface area contributed by atoms with Crippen molar-refractivity contribution in [3.8, 4) is 0 Å². The molecular formula is C13H14BrNO3S2. The minimum atomic E-state index is -3.67. The van der Waals surface area contributed by atoms with Gasteiger partial charge < -0.3 is 5.11 Å². The molecule has 0 unspecified atom stereocenters. The van der Waals surface area contributed by atoms with Crippen molar-refractivity contribution in [1.82, 2.24) is 0 Å². The number of sulfonamides is 1. The summed E-state index contributed by atoms with van der Waals surface area (Å²) < 4.78 is 27.6. The first-order valence-electron chi connectivity index (χ1n) is 5.92. The molecule has 20 heavy (non-hydrogen) atoms. The Hall–Kier alpha value is -0.890. The number of aliphatic hydroxyl groups excluding tert-OH is 1. The average Bonchev–Trinajstić information content (AvgIpc) is 2.84. The summed E-state index contributed by atoms with van der Waals surface area (Å²) >= 11 is 4.42. The number of halogens is 1. The van der Waals surface area contributed by atoms with E-state index in [9.17, 15) is 13.5 Å². The maximum absolute atomic E-state index is 12.7. The van der Waals surface area contributed by atoms with Gasteiger partial charge in [-0.2, -0.15) is 0 Å². The number of rotatable bonds is 5. The van der Waals surface area contributed by atoms with Crippen molar-refractivity contribution in [3.63, 3.8) is 0 Å². The van der Waals surface area contributed by atoms with Crippen LogP contribution in [0.1, 0.15) is 6.92 Å². The molecule has 4 nitrogen and oxygen atoms in total. The van der Waals surface area contributed by atoms with Crippen LogP contribution in [0.25, 0.3) is 0 Å². The summed E-state index contributed by atoms with van der Waals surface area (Å²) in [7, 11) is -3.67. The van der Waals surface area contributed by atoms with E-state index in [1.807, 2.05) is 6.07 Å². The maximum atomic E-state index is 12.7. The Labute approximate surface area is 130 Å². The lowest BCUT2D eigenvalue weighted by molar-refractivity contribution is 0.204. The molecule has 1 heterocycles. The third-order valence-electron chi connectivity index (χ3n) is 2.57. The highest BCUT2D eigenvalue weighted by molar-refractivity contribution is 9.11. The molecule has 2 aromatic rings. The molecule has 1 N–H and O–H groups in total. The van der Waals surface area contributed by atoms with Crippen molar-refractivity contribution in [2.75, 3.05) is 10.8 Å². The van der Waals surface area contributed by atoms with Gasteiger partial charge in [0.15, 0.2) is 0 Å². The van der Waals surface area contributed by atoms with E-state index in [1.54, 1.807) is 43.3 Å². The van der Waals surface area contributed by atoms with E-state index >= 15 is 0 Å². The van der Waals surface area contributed by atoms with Crippen LogP contribution in [-0.4, -0.2) is 26.2 Å². The second kappa shape index (κ2) is 6.26. The Balaban J connectivity index is 2.46. The van der Waals surface area contributed by atoms with Crippen LogP contribution in [0.5, 0.6) is 0 Å². The Morgan fingerprint density at radius 3 is 2.40 bits per heavy atom. The molecule has 0 radical (unpaired) electrons. The van der Waals surface area contributed by atoms with Gasteiger partial charge in [0.25, 0.3) is 10.0 Å². The Morgan fingerprint density at radius 2 is 1.90 bits per heavy atom. The minimum absolute atomic E-state index is 0.0157. The first kappa shape index (κ1) is 15.5. The lowest BCUT2D eigenvalue weighted by Crippen LogP contribution is -2.36. The largest absolute Gasteiger partial charge is 0.392 e.